The van der Waals surface area contributed by atoms with Crippen molar-refractivity contribution in [2.24, 2.45) is 0 Å². The molecule has 0 aromatic carbocycles. The number of thioether (sulfide) groups is 1. The molecule has 2 aliphatic rings. The summed E-state index contributed by atoms with van der Waals surface area (Å²) in [6.07, 6.45) is -0.861. The number of aromatic nitrogens is 3. The Balaban J connectivity index is 0.000000360. The SMILES string of the molecule is Cc1cccc(COC2CSC3(C2)CN(C(=O)c2ccncn2)C3)n1.O=C(O)C(F)(F)F. The fraction of sp³-hybridized carbons (Fsp3) is 0.450. The number of rotatable bonds is 4. The average molecular weight is 470 g/mol. The van der Waals surface area contributed by atoms with Crippen LogP contribution in [0.2, 0.25) is 0 Å². The van der Waals surface area contributed by atoms with Crippen molar-refractivity contribution in [3.63, 3.8) is 0 Å². The van der Waals surface area contributed by atoms with Crippen LogP contribution in [0, 0.1) is 6.92 Å². The third-order valence-electron chi connectivity index (χ3n) is 4.88. The van der Waals surface area contributed by atoms with Gasteiger partial charge in [-0.3, -0.25) is 9.78 Å². The van der Waals surface area contributed by atoms with E-state index in [0.29, 0.717) is 12.3 Å². The van der Waals surface area contributed by atoms with Crippen molar-refractivity contribution in [3.05, 3.63) is 53.9 Å². The van der Waals surface area contributed by atoms with Gasteiger partial charge in [-0.2, -0.15) is 13.2 Å². The van der Waals surface area contributed by atoms with Crippen LogP contribution in [0.3, 0.4) is 0 Å². The molecule has 4 heterocycles. The van der Waals surface area contributed by atoms with Crippen LogP contribution in [0.5, 0.6) is 0 Å². The summed E-state index contributed by atoms with van der Waals surface area (Å²) < 4.78 is 37.9. The molecule has 2 aliphatic heterocycles. The zero-order valence-corrected chi connectivity index (χ0v) is 17.9. The third kappa shape index (κ3) is 6.16. The van der Waals surface area contributed by atoms with Gasteiger partial charge in [-0.05, 0) is 31.5 Å². The standard InChI is InChI=1S/C18H20N4O2S.C2HF3O2/c1-13-3-2-4-14(21-13)8-24-15-7-18(25-9-15)10-22(11-18)17(23)16-5-6-19-12-20-16;3-2(4,5)1(6)7/h2-6,12,15H,7-11H2,1H3;(H,6,7). The molecular formula is C20H21F3N4O4S. The summed E-state index contributed by atoms with van der Waals surface area (Å²) in [6, 6.07) is 7.65. The molecule has 32 heavy (non-hydrogen) atoms. The number of carboxylic acids is 1. The van der Waals surface area contributed by atoms with Crippen molar-refractivity contribution >= 4 is 23.6 Å². The number of amides is 1. The molecule has 0 radical (unpaired) electrons. The van der Waals surface area contributed by atoms with E-state index in [4.69, 9.17) is 14.6 Å². The lowest BCUT2D eigenvalue weighted by Crippen LogP contribution is -2.60. The molecule has 0 aliphatic carbocycles. The van der Waals surface area contributed by atoms with E-state index in [1.54, 1.807) is 12.3 Å². The minimum Gasteiger partial charge on any atom is -0.475 e. The molecule has 172 valence electrons. The first-order chi connectivity index (χ1) is 15.1. The Morgan fingerprint density at radius 2 is 2.03 bits per heavy atom. The second-order valence-corrected chi connectivity index (χ2v) is 8.95. The van der Waals surface area contributed by atoms with Gasteiger partial charge in [0.25, 0.3) is 5.91 Å². The molecular weight excluding hydrogens is 449 g/mol. The Morgan fingerprint density at radius 3 is 2.62 bits per heavy atom. The molecule has 8 nitrogen and oxygen atoms in total. The number of halogens is 3. The van der Waals surface area contributed by atoms with E-state index in [9.17, 15) is 18.0 Å². The molecule has 1 spiro atoms. The van der Waals surface area contributed by atoms with Gasteiger partial charge in [-0.25, -0.2) is 14.8 Å². The summed E-state index contributed by atoms with van der Waals surface area (Å²) in [5, 5.41) is 7.12. The predicted octanol–water partition coefficient (Wildman–Crippen LogP) is 2.73. The van der Waals surface area contributed by atoms with Crippen LogP contribution >= 0.6 is 11.8 Å². The lowest BCUT2D eigenvalue weighted by Gasteiger charge is -2.47. The van der Waals surface area contributed by atoms with Gasteiger partial charge in [0, 0.05) is 30.7 Å². The molecule has 2 aromatic heterocycles. The highest BCUT2D eigenvalue weighted by atomic mass is 32.2. The zero-order valence-electron chi connectivity index (χ0n) is 17.1. The molecule has 2 saturated heterocycles. The number of alkyl halides is 3. The maximum Gasteiger partial charge on any atom is 0.490 e. The molecule has 0 saturated carbocycles. The van der Waals surface area contributed by atoms with Crippen LogP contribution in [0.15, 0.2) is 36.8 Å². The summed E-state index contributed by atoms with van der Waals surface area (Å²) in [4.78, 5) is 35.5. The predicted molar refractivity (Wildman–Crippen MR) is 109 cm³/mol. The molecule has 4 rings (SSSR count). The minimum absolute atomic E-state index is 0.0121. The number of likely N-dealkylation sites (tertiary alicyclic amines) is 1. The first kappa shape index (κ1) is 23.9. The fourth-order valence-corrected chi connectivity index (χ4v) is 4.94. The van der Waals surface area contributed by atoms with Crippen molar-refractivity contribution < 1.29 is 32.6 Å². The number of hydrogen-bond acceptors (Lipinski definition) is 7. The van der Waals surface area contributed by atoms with E-state index in [0.717, 1.165) is 36.7 Å². The van der Waals surface area contributed by atoms with Crippen LogP contribution in [0.25, 0.3) is 0 Å². The molecule has 2 fully saturated rings. The Hall–Kier alpha value is -2.73. The van der Waals surface area contributed by atoms with Gasteiger partial charge in [0.1, 0.15) is 12.0 Å². The van der Waals surface area contributed by atoms with Crippen molar-refractivity contribution in [1.29, 1.82) is 0 Å². The van der Waals surface area contributed by atoms with Crippen LogP contribution in [0.4, 0.5) is 13.2 Å². The molecule has 0 bridgehead atoms. The average Bonchev–Trinajstić information content (AvgIpc) is 3.16. The van der Waals surface area contributed by atoms with Crippen LogP contribution in [0.1, 0.15) is 28.3 Å². The summed E-state index contributed by atoms with van der Waals surface area (Å²) >= 11 is 1.92. The first-order valence-corrected chi connectivity index (χ1v) is 10.6. The molecule has 1 amide bonds. The number of carbonyl (C=O) groups is 2. The fourth-order valence-electron chi connectivity index (χ4n) is 3.39. The van der Waals surface area contributed by atoms with E-state index in [1.165, 1.54) is 6.33 Å². The maximum atomic E-state index is 12.4. The second-order valence-electron chi connectivity index (χ2n) is 7.46. The molecule has 12 heteroatoms. The van der Waals surface area contributed by atoms with Crippen LogP contribution in [-0.2, 0) is 16.1 Å². The number of carboxylic acid groups (broad SMARTS) is 1. The van der Waals surface area contributed by atoms with Gasteiger partial charge < -0.3 is 14.7 Å². The van der Waals surface area contributed by atoms with Gasteiger partial charge in [0.05, 0.1) is 23.2 Å². The van der Waals surface area contributed by atoms with Crippen molar-refractivity contribution in [2.45, 2.75) is 37.0 Å². The smallest absolute Gasteiger partial charge is 0.475 e. The van der Waals surface area contributed by atoms with Gasteiger partial charge >= 0.3 is 12.1 Å². The highest BCUT2D eigenvalue weighted by Crippen LogP contribution is 2.46. The lowest BCUT2D eigenvalue weighted by molar-refractivity contribution is -0.192. The second kappa shape index (κ2) is 9.82. The van der Waals surface area contributed by atoms with E-state index in [1.807, 2.05) is 41.8 Å². The van der Waals surface area contributed by atoms with E-state index in [2.05, 4.69) is 15.0 Å². The quantitative estimate of drug-likeness (QED) is 0.727. The number of hydrogen-bond donors (Lipinski definition) is 1. The zero-order chi connectivity index (χ0) is 23.4. The topological polar surface area (TPSA) is 106 Å². The highest BCUT2D eigenvalue weighted by Gasteiger charge is 2.51. The number of aryl methyl sites for hydroxylation is 1. The number of nitrogens with zero attached hydrogens (tertiary/aromatic N) is 4. The van der Waals surface area contributed by atoms with Gasteiger partial charge in [-0.15, -0.1) is 11.8 Å². The molecule has 2 aromatic rings. The summed E-state index contributed by atoms with van der Waals surface area (Å²) in [6.45, 7) is 4.07. The monoisotopic (exact) mass is 470 g/mol. The number of pyridine rings is 1. The van der Waals surface area contributed by atoms with E-state index >= 15 is 0 Å². The largest absolute Gasteiger partial charge is 0.490 e. The third-order valence-corrected chi connectivity index (χ3v) is 6.45. The van der Waals surface area contributed by atoms with Crippen molar-refractivity contribution in [1.82, 2.24) is 19.9 Å². The van der Waals surface area contributed by atoms with Gasteiger partial charge in [0.15, 0.2) is 0 Å². The summed E-state index contributed by atoms with van der Waals surface area (Å²) in [5.74, 6) is -1.80. The van der Waals surface area contributed by atoms with Crippen LogP contribution < -0.4 is 0 Å². The number of ether oxygens (including phenoxy) is 1. The van der Waals surface area contributed by atoms with Crippen LogP contribution in [-0.4, -0.2) is 72.7 Å². The highest BCUT2D eigenvalue weighted by molar-refractivity contribution is 8.01. The van der Waals surface area contributed by atoms with Crippen molar-refractivity contribution in [3.8, 4) is 0 Å². The summed E-state index contributed by atoms with van der Waals surface area (Å²) in [5.41, 5.74) is 2.45. The Labute approximate surface area is 186 Å². The number of carbonyl (C=O) groups excluding carboxylic acids is 1. The number of aliphatic carboxylic acids is 1. The van der Waals surface area contributed by atoms with E-state index in [-0.39, 0.29) is 16.8 Å². The molecule has 1 N–H and O–H groups in total. The van der Waals surface area contributed by atoms with Gasteiger partial charge in [-0.1, -0.05) is 6.07 Å². The normalized spacial score (nSPS) is 19.1. The van der Waals surface area contributed by atoms with Crippen molar-refractivity contribution in [2.75, 3.05) is 18.8 Å². The molecule has 1 unspecified atom stereocenters. The molecule has 1 atom stereocenters. The lowest BCUT2D eigenvalue weighted by atomic mass is 9.92. The Bertz CT molecular complexity index is 955. The first-order valence-electron chi connectivity index (χ1n) is 9.61. The minimum atomic E-state index is -5.08. The Kier molecular flexibility index (Phi) is 7.34. The maximum absolute atomic E-state index is 12.4. The summed E-state index contributed by atoms with van der Waals surface area (Å²) in [7, 11) is 0. The van der Waals surface area contributed by atoms with E-state index < -0.39 is 12.1 Å². The van der Waals surface area contributed by atoms with Gasteiger partial charge in [0.2, 0.25) is 0 Å². The Morgan fingerprint density at radius 1 is 1.31 bits per heavy atom.